The predicted octanol–water partition coefficient (Wildman–Crippen LogP) is 3.89. The zero-order valence-electron chi connectivity index (χ0n) is 10.9. The summed E-state index contributed by atoms with van der Waals surface area (Å²) in [5, 5.41) is 0. The van der Waals surface area contributed by atoms with Crippen molar-refractivity contribution >= 4 is 38.9 Å². The lowest BCUT2D eigenvalue weighted by molar-refractivity contribution is 0.0749. The number of hydrogen-bond donors (Lipinski definition) is 1. The summed E-state index contributed by atoms with van der Waals surface area (Å²) in [4.78, 5) is 15.0. The fourth-order valence-corrected chi connectivity index (χ4v) is 3.33. The molecule has 3 nitrogen and oxygen atoms in total. The zero-order valence-corrected chi connectivity index (χ0v) is 13.3. The highest BCUT2D eigenvalue weighted by atomic mass is 79.9. The fraction of sp³-hybridized carbons (Fsp3) is 0.214. The van der Waals surface area contributed by atoms with Gasteiger partial charge in [-0.1, -0.05) is 0 Å². The lowest BCUT2D eigenvalue weighted by atomic mass is 10.1. The minimum atomic E-state index is -0.583. The number of anilines is 1. The highest BCUT2D eigenvalue weighted by molar-refractivity contribution is 9.11. The van der Waals surface area contributed by atoms with Crippen LogP contribution in [0.15, 0.2) is 34.1 Å². The largest absolute Gasteiger partial charge is 0.399 e. The molecule has 0 saturated carbocycles. The van der Waals surface area contributed by atoms with Gasteiger partial charge in [-0.3, -0.25) is 4.79 Å². The maximum absolute atomic E-state index is 13.8. The van der Waals surface area contributed by atoms with Crippen molar-refractivity contribution < 1.29 is 9.18 Å². The molecule has 0 aliphatic heterocycles. The average molecular weight is 357 g/mol. The van der Waals surface area contributed by atoms with Crippen LogP contribution in [0.3, 0.4) is 0 Å². The summed E-state index contributed by atoms with van der Waals surface area (Å²) in [6.07, 6.45) is 0. The van der Waals surface area contributed by atoms with Crippen LogP contribution in [0.2, 0.25) is 0 Å². The van der Waals surface area contributed by atoms with Gasteiger partial charge >= 0.3 is 0 Å². The first-order valence-electron chi connectivity index (χ1n) is 6.09. The number of carbonyl (C=O) groups excluding carboxylic acids is 1. The van der Waals surface area contributed by atoms with Gasteiger partial charge in [0.15, 0.2) is 0 Å². The molecule has 0 fully saturated rings. The van der Waals surface area contributed by atoms with E-state index in [1.807, 2.05) is 19.1 Å². The van der Waals surface area contributed by atoms with Crippen LogP contribution >= 0.6 is 27.3 Å². The Bertz CT molecular complexity index is 629. The Hall–Kier alpha value is -1.40. The molecule has 0 spiro atoms. The van der Waals surface area contributed by atoms with Gasteiger partial charge in [-0.15, -0.1) is 11.3 Å². The van der Waals surface area contributed by atoms with Gasteiger partial charge in [0.2, 0.25) is 0 Å². The second-order valence-corrected chi connectivity index (χ2v) is 6.81. The van der Waals surface area contributed by atoms with E-state index < -0.39 is 5.82 Å². The Morgan fingerprint density at radius 3 is 2.70 bits per heavy atom. The molecule has 0 aliphatic rings. The van der Waals surface area contributed by atoms with Crippen LogP contribution in [0.5, 0.6) is 0 Å². The van der Waals surface area contributed by atoms with E-state index in [9.17, 15) is 9.18 Å². The molecular weight excluding hydrogens is 343 g/mol. The van der Waals surface area contributed by atoms with Crippen LogP contribution in [0.25, 0.3) is 0 Å². The van der Waals surface area contributed by atoms with Crippen LogP contribution in [0.1, 0.15) is 22.2 Å². The summed E-state index contributed by atoms with van der Waals surface area (Å²) in [6, 6.07) is 8.01. The van der Waals surface area contributed by atoms with Crippen LogP contribution in [0.4, 0.5) is 10.1 Å². The summed E-state index contributed by atoms with van der Waals surface area (Å²) in [7, 11) is 0. The van der Waals surface area contributed by atoms with E-state index in [1.54, 1.807) is 16.2 Å². The number of nitrogen functional groups attached to an aromatic ring is 1. The first kappa shape index (κ1) is 15.0. The van der Waals surface area contributed by atoms with Gasteiger partial charge < -0.3 is 10.6 Å². The van der Waals surface area contributed by atoms with Crippen LogP contribution in [-0.2, 0) is 6.54 Å². The van der Waals surface area contributed by atoms with E-state index in [0.717, 1.165) is 8.66 Å². The van der Waals surface area contributed by atoms with E-state index in [-0.39, 0.29) is 11.5 Å². The number of carbonyl (C=O) groups is 1. The second-order valence-electron chi connectivity index (χ2n) is 4.26. The smallest absolute Gasteiger partial charge is 0.257 e. The lowest BCUT2D eigenvalue weighted by Crippen LogP contribution is -2.30. The molecule has 0 radical (unpaired) electrons. The molecule has 106 valence electrons. The third kappa shape index (κ3) is 3.37. The van der Waals surface area contributed by atoms with Gasteiger partial charge in [-0.05, 0) is 53.2 Å². The minimum absolute atomic E-state index is 0.0525. The molecule has 1 aromatic carbocycles. The number of nitrogens with two attached hydrogens (primary N) is 1. The molecule has 0 unspecified atom stereocenters. The van der Waals surface area contributed by atoms with Crippen molar-refractivity contribution in [2.24, 2.45) is 0 Å². The van der Waals surface area contributed by atoms with E-state index in [4.69, 9.17) is 5.73 Å². The SMILES string of the molecule is CCN(Cc1ccc(Br)s1)C(=O)c1ccc(N)cc1F. The molecule has 2 rings (SSSR count). The van der Waals surface area contributed by atoms with Crippen molar-refractivity contribution in [3.05, 3.63) is 50.4 Å². The molecular formula is C14H14BrFN2OS. The Balaban J connectivity index is 2.20. The van der Waals surface area contributed by atoms with Gasteiger partial charge in [-0.2, -0.15) is 0 Å². The lowest BCUT2D eigenvalue weighted by Gasteiger charge is -2.20. The number of amides is 1. The van der Waals surface area contributed by atoms with Gasteiger partial charge in [0, 0.05) is 17.1 Å². The number of thiophene rings is 1. The topological polar surface area (TPSA) is 46.3 Å². The van der Waals surface area contributed by atoms with Gasteiger partial charge in [0.05, 0.1) is 15.9 Å². The second kappa shape index (κ2) is 6.37. The Morgan fingerprint density at radius 1 is 1.40 bits per heavy atom. The molecule has 0 atom stereocenters. The van der Waals surface area contributed by atoms with Crippen LogP contribution < -0.4 is 5.73 Å². The first-order valence-corrected chi connectivity index (χ1v) is 7.70. The van der Waals surface area contributed by atoms with Crippen molar-refractivity contribution in [2.45, 2.75) is 13.5 Å². The van der Waals surface area contributed by atoms with Crippen LogP contribution in [0, 0.1) is 5.82 Å². The van der Waals surface area contributed by atoms with E-state index in [2.05, 4.69) is 15.9 Å². The van der Waals surface area contributed by atoms with Crippen molar-refractivity contribution in [3.63, 3.8) is 0 Å². The average Bonchev–Trinajstić information content (AvgIpc) is 2.81. The summed E-state index contributed by atoms with van der Waals surface area (Å²) < 4.78 is 14.8. The minimum Gasteiger partial charge on any atom is -0.399 e. The number of benzene rings is 1. The number of hydrogen-bond acceptors (Lipinski definition) is 3. The molecule has 0 bridgehead atoms. The Morgan fingerprint density at radius 2 is 2.15 bits per heavy atom. The third-order valence-corrected chi connectivity index (χ3v) is 4.48. The maximum Gasteiger partial charge on any atom is 0.257 e. The fourth-order valence-electron chi connectivity index (χ4n) is 1.83. The Kier molecular flexibility index (Phi) is 4.77. The number of rotatable bonds is 4. The molecule has 1 aromatic heterocycles. The zero-order chi connectivity index (χ0) is 14.7. The van der Waals surface area contributed by atoms with Crippen molar-refractivity contribution in [1.82, 2.24) is 4.90 Å². The molecule has 1 amide bonds. The molecule has 1 heterocycles. The van der Waals surface area contributed by atoms with Crippen LogP contribution in [-0.4, -0.2) is 17.4 Å². The predicted molar refractivity (Wildman–Crippen MR) is 83.2 cm³/mol. The van der Waals surface area contributed by atoms with E-state index in [0.29, 0.717) is 18.8 Å². The number of halogens is 2. The maximum atomic E-state index is 13.8. The van der Waals surface area contributed by atoms with E-state index >= 15 is 0 Å². The first-order chi connectivity index (χ1) is 9.51. The number of nitrogens with zero attached hydrogens (tertiary/aromatic N) is 1. The molecule has 2 N–H and O–H groups in total. The third-order valence-electron chi connectivity index (χ3n) is 2.87. The van der Waals surface area contributed by atoms with Crippen molar-refractivity contribution in [1.29, 1.82) is 0 Å². The summed E-state index contributed by atoms with van der Waals surface area (Å²) in [5.74, 6) is -0.907. The highest BCUT2D eigenvalue weighted by Gasteiger charge is 2.19. The monoisotopic (exact) mass is 356 g/mol. The normalized spacial score (nSPS) is 10.6. The molecule has 20 heavy (non-hydrogen) atoms. The summed E-state index contributed by atoms with van der Waals surface area (Å²) >= 11 is 4.95. The highest BCUT2D eigenvalue weighted by Crippen LogP contribution is 2.24. The molecule has 0 aliphatic carbocycles. The van der Waals surface area contributed by atoms with Gasteiger partial charge in [-0.25, -0.2) is 4.39 Å². The summed E-state index contributed by atoms with van der Waals surface area (Å²) in [6.45, 7) is 2.85. The van der Waals surface area contributed by atoms with Gasteiger partial charge in [0.25, 0.3) is 5.91 Å². The quantitative estimate of drug-likeness (QED) is 0.844. The van der Waals surface area contributed by atoms with E-state index in [1.165, 1.54) is 18.2 Å². The Labute approximate surface area is 129 Å². The standard InChI is InChI=1S/C14H14BrFN2OS/c1-2-18(8-10-4-6-13(15)20-10)14(19)11-5-3-9(17)7-12(11)16/h3-7H,2,8,17H2,1H3. The molecule has 6 heteroatoms. The van der Waals surface area contributed by atoms with Crippen molar-refractivity contribution in [3.8, 4) is 0 Å². The molecule has 0 saturated heterocycles. The summed E-state index contributed by atoms with van der Waals surface area (Å²) in [5.41, 5.74) is 5.86. The van der Waals surface area contributed by atoms with Gasteiger partial charge in [0.1, 0.15) is 5.82 Å². The van der Waals surface area contributed by atoms with Crippen molar-refractivity contribution in [2.75, 3.05) is 12.3 Å². The molecule has 2 aromatic rings.